The van der Waals surface area contributed by atoms with E-state index in [2.05, 4.69) is 0 Å². The molecular formula is C27H52N4O2. The smallest absolute Gasteiger partial charge is 0.136 e. The van der Waals surface area contributed by atoms with Gasteiger partial charge in [0.15, 0.2) is 0 Å². The van der Waals surface area contributed by atoms with E-state index in [9.17, 15) is 9.59 Å². The van der Waals surface area contributed by atoms with E-state index in [1.54, 1.807) is 0 Å². The molecule has 0 heterocycles. The molecule has 0 amide bonds. The Kier molecular flexibility index (Phi) is 12.5. The molecule has 0 aliphatic heterocycles. The molecule has 6 nitrogen and oxygen atoms in total. The highest BCUT2D eigenvalue weighted by Gasteiger charge is 2.41. The van der Waals surface area contributed by atoms with Crippen molar-refractivity contribution in [3.05, 3.63) is 0 Å². The van der Waals surface area contributed by atoms with Gasteiger partial charge in [0, 0.05) is 18.8 Å². The normalized spacial score (nSPS) is 21.4. The Balaban J connectivity index is 1.68. The van der Waals surface area contributed by atoms with Gasteiger partial charge in [-0.15, -0.1) is 0 Å². The molecule has 0 atom stereocenters. The van der Waals surface area contributed by atoms with Gasteiger partial charge in [0.25, 0.3) is 0 Å². The van der Waals surface area contributed by atoms with Crippen LogP contribution in [-0.4, -0.2) is 23.4 Å². The monoisotopic (exact) mass is 464 g/mol. The predicted octanol–water partition coefficient (Wildman–Crippen LogP) is 4.66. The summed E-state index contributed by atoms with van der Waals surface area (Å²) in [5, 5.41) is 0. The molecule has 0 bridgehead atoms. The molecule has 8 N–H and O–H groups in total. The molecular weight excluding hydrogens is 412 g/mol. The van der Waals surface area contributed by atoms with Crippen molar-refractivity contribution in [3.63, 3.8) is 0 Å². The zero-order valence-electron chi connectivity index (χ0n) is 21.1. The molecule has 2 aliphatic carbocycles. The average Bonchev–Trinajstić information content (AvgIpc) is 2.77. The van der Waals surface area contributed by atoms with E-state index in [4.69, 9.17) is 22.9 Å². The van der Waals surface area contributed by atoms with E-state index in [0.29, 0.717) is 30.5 Å². The maximum Gasteiger partial charge on any atom is 0.136 e. The second kappa shape index (κ2) is 14.6. The first-order chi connectivity index (χ1) is 15.7. The summed E-state index contributed by atoms with van der Waals surface area (Å²) in [7, 11) is 0. The number of aldehydes is 1. The average molecular weight is 465 g/mol. The highest BCUT2D eigenvalue weighted by Crippen LogP contribution is 2.42. The number of carbonyl (C=O) groups excluding carboxylic acids is 2. The van der Waals surface area contributed by atoms with E-state index in [1.165, 1.54) is 44.9 Å². The molecule has 33 heavy (non-hydrogen) atoms. The molecule has 0 aromatic heterocycles. The van der Waals surface area contributed by atoms with Crippen LogP contribution in [0.15, 0.2) is 0 Å². The minimum Gasteiger partial charge on any atom is -0.313 e. The zero-order chi connectivity index (χ0) is 24.2. The van der Waals surface area contributed by atoms with Gasteiger partial charge in [-0.2, -0.15) is 0 Å². The summed E-state index contributed by atoms with van der Waals surface area (Å²) in [4.78, 5) is 23.7. The molecule has 6 heteroatoms. The number of rotatable bonds is 16. The number of nitrogens with two attached hydrogens (primary N) is 4. The van der Waals surface area contributed by atoms with Crippen molar-refractivity contribution in [3.8, 4) is 0 Å². The van der Waals surface area contributed by atoms with Crippen LogP contribution in [0.2, 0.25) is 0 Å². The van der Waals surface area contributed by atoms with Crippen LogP contribution in [0.25, 0.3) is 0 Å². The number of hydrogen-bond donors (Lipinski definition) is 4. The van der Waals surface area contributed by atoms with Crippen LogP contribution in [0.4, 0.5) is 0 Å². The Labute approximate surface area is 202 Å². The second-order valence-electron chi connectivity index (χ2n) is 11.4. The number of unbranched alkanes of at least 4 members (excludes halogenated alkanes) is 10. The van der Waals surface area contributed by atoms with Crippen molar-refractivity contribution < 1.29 is 9.59 Å². The lowest BCUT2D eigenvalue weighted by atomic mass is 9.65. The molecule has 2 rings (SSSR count). The number of ketones is 1. The van der Waals surface area contributed by atoms with Crippen molar-refractivity contribution in [1.82, 2.24) is 0 Å². The Morgan fingerprint density at radius 1 is 0.667 bits per heavy atom. The summed E-state index contributed by atoms with van der Waals surface area (Å²) in [6.45, 7) is 0. The first-order valence-corrected chi connectivity index (χ1v) is 13.9. The summed E-state index contributed by atoms with van der Waals surface area (Å²) in [5.74, 6) is 1.43. The third-order valence-corrected chi connectivity index (χ3v) is 8.30. The number of carbonyl (C=O) groups is 2. The fraction of sp³-hybridized carbons (Fsp3) is 0.926. The Hall–Kier alpha value is -0.820. The van der Waals surface area contributed by atoms with Crippen LogP contribution in [-0.2, 0) is 9.59 Å². The highest BCUT2D eigenvalue weighted by atomic mass is 16.1. The van der Waals surface area contributed by atoms with Crippen molar-refractivity contribution in [2.45, 2.75) is 140 Å². The van der Waals surface area contributed by atoms with E-state index in [-0.39, 0.29) is 5.92 Å². The quantitative estimate of drug-likeness (QED) is 0.149. The lowest BCUT2D eigenvalue weighted by Crippen LogP contribution is -2.54. The molecule has 0 aromatic rings. The SMILES string of the molecule is NC1(N)CCC(C(C(=O)CCCCCCCCCCCCC=O)C2CCC(N)(N)CC2)CC1. The number of hydrogen-bond acceptors (Lipinski definition) is 6. The topological polar surface area (TPSA) is 138 Å². The molecule has 0 aromatic carbocycles. The van der Waals surface area contributed by atoms with Crippen molar-refractivity contribution in [1.29, 1.82) is 0 Å². The van der Waals surface area contributed by atoms with Gasteiger partial charge in [-0.3, -0.25) is 4.79 Å². The molecule has 2 saturated carbocycles. The number of Topliss-reactive ketones (excluding diaryl/α,β-unsaturated/α-hetero) is 1. The van der Waals surface area contributed by atoms with Crippen molar-refractivity contribution >= 4 is 12.1 Å². The largest absolute Gasteiger partial charge is 0.313 e. The second-order valence-corrected chi connectivity index (χ2v) is 11.4. The van der Waals surface area contributed by atoms with E-state index in [0.717, 1.165) is 76.9 Å². The standard InChI is InChI=1S/C27H52N4O2/c28-26(29)17-13-22(14-18-26)25(23-15-19-27(30,31)20-16-23)24(33)12-10-8-6-4-2-1-3-5-7-9-11-21-32/h21-23,25H,1-20,28-31H2. The molecule has 0 unspecified atom stereocenters. The highest BCUT2D eigenvalue weighted by molar-refractivity contribution is 5.81. The van der Waals surface area contributed by atoms with Gasteiger partial charge in [-0.25, -0.2) is 0 Å². The molecule has 2 aliphatic rings. The van der Waals surface area contributed by atoms with Crippen LogP contribution < -0.4 is 22.9 Å². The predicted molar refractivity (Wildman–Crippen MR) is 136 cm³/mol. The molecule has 0 saturated heterocycles. The summed E-state index contributed by atoms with van der Waals surface area (Å²) in [6.07, 6.45) is 21.5. The van der Waals surface area contributed by atoms with Gasteiger partial charge in [-0.1, -0.05) is 51.4 Å². The minimum atomic E-state index is -0.560. The van der Waals surface area contributed by atoms with Crippen molar-refractivity contribution in [2.24, 2.45) is 40.7 Å². The van der Waals surface area contributed by atoms with Crippen LogP contribution in [0, 0.1) is 17.8 Å². The minimum absolute atomic E-state index is 0.136. The van der Waals surface area contributed by atoms with Gasteiger partial charge < -0.3 is 27.7 Å². The zero-order valence-corrected chi connectivity index (χ0v) is 21.1. The molecule has 192 valence electrons. The van der Waals surface area contributed by atoms with Gasteiger partial charge >= 0.3 is 0 Å². The van der Waals surface area contributed by atoms with Crippen molar-refractivity contribution in [2.75, 3.05) is 0 Å². The van der Waals surface area contributed by atoms with Gasteiger partial charge in [0.2, 0.25) is 0 Å². The molecule has 0 spiro atoms. The fourth-order valence-electron chi connectivity index (χ4n) is 6.09. The summed E-state index contributed by atoms with van der Waals surface area (Å²) < 4.78 is 0. The van der Waals surface area contributed by atoms with E-state index in [1.807, 2.05) is 0 Å². The first kappa shape index (κ1) is 28.4. The van der Waals surface area contributed by atoms with Gasteiger partial charge in [-0.05, 0) is 76.0 Å². The van der Waals surface area contributed by atoms with Crippen LogP contribution in [0.5, 0.6) is 0 Å². The van der Waals surface area contributed by atoms with Crippen LogP contribution >= 0.6 is 0 Å². The van der Waals surface area contributed by atoms with E-state index >= 15 is 0 Å². The third kappa shape index (κ3) is 11.0. The summed E-state index contributed by atoms with van der Waals surface area (Å²) in [6, 6.07) is 0. The Bertz CT molecular complexity index is 530. The van der Waals surface area contributed by atoms with E-state index < -0.39 is 11.3 Å². The lowest BCUT2D eigenvalue weighted by molar-refractivity contribution is -0.128. The fourth-order valence-corrected chi connectivity index (χ4v) is 6.09. The molecule has 2 fully saturated rings. The summed E-state index contributed by atoms with van der Waals surface area (Å²) in [5.41, 5.74) is 23.5. The van der Waals surface area contributed by atoms with Crippen LogP contribution in [0.3, 0.4) is 0 Å². The lowest BCUT2D eigenvalue weighted by Gasteiger charge is -2.43. The maximum atomic E-state index is 13.4. The Morgan fingerprint density at radius 2 is 1.03 bits per heavy atom. The summed E-state index contributed by atoms with van der Waals surface area (Å²) >= 11 is 0. The Morgan fingerprint density at radius 3 is 1.42 bits per heavy atom. The van der Waals surface area contributed by atoms with Crippen LogP contribution in [0.1, 0.15) is 128 Å². The maximum absolute atomic E-state index is 13.4. The first-order valence-electron chi connectivity index (χ1n) is 13.9. The van der Waals surface area contributed by atoms with Gasteiger partial charge in [0.1, 0.15) is 12.1 Å². The molecule has 0 radical (unpaired) electrons. The van der Waals surface area contributed by atoms with Gasteiger partial charge in [0.05, 0.1) is 11.3 Å². The third-order valence-electron chi connectivity index (χ3n) is 8.30.